The van der Waals surface area contributed by atoms with Crippen LogP contribution in [0.2, 0.25) is 5.02 Å². The first kappa shape index (κ1) is 21.9. The molecule has 3 aromatic rings. The van der Waals surface area contributed by atoms with Crippen LogP contribution in [0.15, 0.2) is 47.8 Å². The normalized spacial score (nSPS) is 12.8. The number of nitrogens with zero attached hydrogens (tertiary/aromatic N) is 1. The van der Waals surface area contributed by atoms with Crippen molar-refractivity contribution in [2.75, 3.05) is 5.32 Å². The highest BCUT2D eigenvalue weighted by Gasteiger charge is 2.20. The van der Waals surface area contributed by atoms with Crippen molar-refractivity contribution in [3.8, 4) is 17.2 Å². The second-order valence-electron chi connectivity index (χ2n) is 6.91. The molecule has 0 bridgehead atoms. The van der Waals surface area contributed by atoms with Gasteiger partial charge in [0.25, 0.3) is 0 Å². The quantitative estimate of drug-likeness (QED) is 0.497. The molecule has 0 aliphatic carbocycles. The maximum atomic E-state index is 13.9. The van der Waals surface area contributed by atoms with Crippen LogP contribution in [0.1, 0.15) is 29.8 Å². The second-order valence-corrected chi connectivity index (χ2v) is 8.26. The molecule has 4 nitrogen and oxygen atoms in total. The molecule has 0 aliphatic heterocycles. The van der Waals surface area contributed by atoms with Crippen LogP contribution in [0.4, 0.5) is 14.5 Å². The zero-order chi connectivity index (χ0) is 21.8. The third kappa shape index (κ3) is 5.03. The maximum absolute atomic E-state index is 13.9. The summed E-state index contributed by atoms with van der Waals surface area (Å²) in [5.41, 5.74) is 8.14. The van der Waals surface area contributed by atoms with Gasteiger partial charge >= 0.3 is 0 Å². The van der Waals surface area contributed by atoms with Crippen molar-refractivity contribution in [3.63, 3.8) is 0 Å². The number of amides is 1. The highest BCUT2D eigenvalue weighted by Crippen LogP contribution is 2.32. The van der Waals surface area contributed by atoms with E-state index < -0.39 is 17.6 Å². The van der Waals surface area contributed by atoms with Crippen molar-refractivity contribution < 1.29 is 13.6 Å². The van der Waals surface area contributed by atoms with Gasteiger partial charge in [-0.15, -0.1) is 11.3 Å². The predicted octanol–water partition coefficient (Wildman–Crippen LogP) is 5.88. The van der Waals surface area contributed by atoms with Crippen molar-refractivity contribution in [2.24, 2.45) is 11.7 Å². The lowest BCUT2D eigenvalue weighted by Gasteiger charge is -2.16. The molecule has 3 rings (SSSR count). The molecule has 154 valence electrons. The lowest BCUT2D eigenvalue weighted by atomic mass is 9.99. The molecule has 1 heterocycles. The number of hydrogen-bond acceptors (Lipinski definition) is 4. The summed E-state index contributed by atoms with van der Waals surface area (Å²) in [4.78, 5) is 13.3. The molecule has 0 fully saturated rings. The van der Waals surface area contributed by atoms with Crippen molar-refractivity contribution in [1.82, 2.24) is 0 Å². The van der Waals surface area contributed by atoms with Crippen LogP contribution < -0.4 is 11.1 Å². The standard InChI is InChI=1S/C22H18ClF2N3OS/c1-12(22(29)28-16-4-5-18(24)17(23)9-16)6-20(27)21-8-15(11-30-21)13-2-3-14(10-26)19(25)7-13/h2-5,7-9,11-12,20H,6,27H2,1H3,(H,28,29)/t12-,20+/m0/s1. The Morgan fingerprint density at radius 2 is 1.97 bits per heavy atom. The Morgan fingerprint density at radius 3 is 2.63 bits per heavy atom. The van der Waals surface area contributed by atoms with E-state index in [9.17, 15) is 13.6 Å². The minimum atomic E-state index is -0.571. The van der Waals surface area contributed by atoms with Crippen LogP contribution in [0.3, 0.4) is 0 Å². The van der Waals surface area contributed by atoms with Gasteiger partial charge in [0.05, 0.1) is 10.6 Å². The van der Waals surface area contributed by atoms with Gasteiger partial charge in [0.1, 0.15) is 17.7 Å². The Morgan fingerprint density at radius 1 is 1.20 bits per heavy atom. The van der Waals surface area contributed by atoms with Crippen LogP contribution in [-0.4, -0.2) is 5.91 Å². The minimum Gasteiger partial charge on any atom is -0.326 e. The number of nitrogens with one attached hydrogen (secondary N) is 1. The molecule has 8 heteroatoms. The topological polar surface area (TPSA) is 78.9 Å². The summed E-state index contributed by atoms with van der Waals surface area (Å²) in [6, 6.07) is 11.7. The SMILES string of the molecule is C[C@@H](C[C@@H](N)c1cc(-c2ccc(C#N)c(F)c2)cs1)C(=O)Nc1ccc(F)c(Cl)c1. The van der Waals surface area contributed by atoms with Crippen LogP contribution >= 0.6 is 22.9 Å². The van der Waals surface area contributed by atoms with E-state index in [1.165, 1.54) is 41.7 Å². The number of halogens is 3. The van der Waals surface area contributed by atoms with Crippen molar-refractivity contribution in [2.45, 2.75) is 19.4 Å². The zero-order valence-corrected chi connectivity index (χ0v) is 17.5. The van der Waals surface area contributed by atoms with Gasteiger partial charge in [-0.05, 0) is 59.3 Å². The van der Waals surface area contributed by atoms with Crippen molar-refractivity contribution >= 4 is 34.5 Å². The predicted molar refractivity (Wildman–Crippen MR) is 115 cm³/mol. The number of carbonyl (C=O) groups is 1. The zero-order valence-electron chi connectivity index (χ0n) is 16.0. The first-order valence-corrected chi connectivity index (χ1v) is 10.3. The fraction of sp³-hybridized carbons (Fsp3) is 0.182. The molecule has 1 amide bonds. The second kappa shape index (κ2) is 9.35. The summed E-state index contributed by atoms with van der Waals surface area (Å²) >= 11 is 7.16. The lowest BCUT2D eigenvalue weighted by Crippen LogP contribution is -2.24. The molecule has 0 unspecified atom stereocenters. The molecular weight excluding hydrogens is 428 g/mol. The van der Waals surface area contributed by atoms with E-state index in [0.29, 0.717) is 17.7 Å². The van der Waals surface area contributed by atoms with E-state index in [0.717, 1.165) is 10.4 Å². The Balaban J connectivity index is 1.65. The van der Waals surface area contributed by atoms with E-state index in [-0.39, 0.29) is 22.5 Å². The van der Waals surface area contributed by atoms with Crippen LogP contribution in [-0.2, 0) is 4.79 Å². The summed E-state index contributed by atoms with van der Waals surface area (Å²) in [6.07, 6.45) is 0.391. The number of hydrogen-bond donors (Lipinski definition) is 2. The molecule has 0 aliphatic rings. The molecule has 0 saturated carbocycles. The average molecular weight is 446 g/mol. The summed E-state index contributed by atoms with van der Waals surface area (Å²) in [5.74, 6) is -1.78. The maximum Gasteiger partial charge on any atom is 0.227 e. The van der Waals surface area contributed by atoms with Gasteiger partial charge < -0.3 is 11.1 Å². The van der Waals surface area contributed by atoms with Crippen molar-refractivity contribution in [3.05, 3.63) is 74.9 Å². The fourth-order valence-corrected chi connectivity index (χ4v) is 4.04. The number of nitriles is 1. The third-order valence-electron chi connectivity index (χ3n) is 4.65. The molecule has 0 radical (unpaired) electrons. The van der Waals surface area contributed by atoms with Gasteiger partial charge in [0.15, 0.2) is 0 Å². The number of carbonyl (C=O) groups excluding carboxylic acids is 1. The van der Waals surface area contributed by atoms with Gasteiger partial charge in [-0.1, -0.05) is 24.6 Å². The number of anilines is 1. The molecule has 2 atom stereocenters. The molecule has 1 aromatic heterocycles. The van der Waals surface area contributed by atoms with Crippen LogP contribution in [0.25, 0.3) is 11.1 Å². The summed E-state index contributed by atoms with van der Waals surface area (Å²) < 4.78 is 27.1. The number of rotatable bonds is 6. The molecule has 30 heavy (non-hydrogen) atoms. The highest BCUT2D eigenvalue weighted by atomic mass is 35.5. The molecule has 2 aromatic carbocycles. The number of thiophene rings is 1. The fourth-order valence-electron chi connectivity index (χ4n) is 2.93. The Hall–Kier alpha value is -2.79. The van der Waals surface area contributed by atoms with E-state index in [2.05, 4.69) is 5.32 Å². The first-order valence-electron chi connectivity index (χ1n) is 9.08. The summed E-state index contributed by atoms with van der Waals surface area (Å²) in [5, 5.41) is 13.3. The summed E-state index contributed by atoms with van der Waals surface area (Å²) in [6.45, 7) is 1.75. The smallest absolute Gasteiger partial charge is 0.227 e. The van der Waals surface area contributed by atoms with Gasteiger partial charge in [-0.25, -0.2) is 8.78 Å². The van der Waals surface area contributed by atoms with E-state index >= 15 is 0 Å². The molecule has 0 spiro atoms. The van der Waals surface area contributed by atoms with E-state index in [4.69, 9.17) is 22.6 Å². The summed E-state index contributed by atoms with van der Waals surface area (Å²) in [7, 11) is 0. The average Bonchev–Trinajstić information content (AvgIpc) is 3.21. The van der Waals surface area contributed by atoms with Crippen molar-refractivity contribution in [1.29, 1.82) is 5.26 Å². The third-order valence-corrected chi connectivity index (χ3v) is 6.00. The molecule has 3 N–H and O–H groups in total. The van der Waals surface area contributed by atoms with Gasteiger partial charge in [-0.3, -0.25) is 4.79 Å². The largest absolute Gasteiger partial charge is 0.326 e. The van der Waals surface area contributed by atoms with Gasteiger partial charge in [0, 0.05) is 22.5 Å². The van der Waals surface area contributed by atoms with E-state index in [1.807, 2.05) is 11.4 Å². The Bertz CT molecular complexity index is 1130. The monoisotopic (exact) mass is 445 g/mol. The molecule has 0 saturated heterocycles. The highest BCUT2D eigenvalue weighted by molar-refractivity contribution is 7.10. The van der Waals surface area contributed by atoms with Gasteiger partial charge in [0.2, 0.25) is 5.91 Å². The molecular formula is C22H18ClF2N3OS. The van der Waals surface area contributed by atoms with Crippen LogP contribution in [0.5, 0.6) is 0 Å². The van der Waals surface area contributed by atoms with Gasteiger partial charge in [-0.2, -0.15) is 5.26 Å². The first-order chi connectivity index (χ1) is 14.3. The number of nitrogens with two attached hydrogens (primary N) is 1. The Labute approximate surface area is 181 Å². The number of benzene rings is 2. The lowest BCUT2D eigenvalue weighted by molar-refractivity contribution is -0.119. The van der Waals surface area contributed by atoms with E-state index in [1.54, 1.807) is 19.1 Å². The minimum absolute atomic E-state index is 0.00631. The van der Waals surface area contributed by atoms with Crippen LogP contribution in [0, 0.1) is 28.9 Å². The Kier molecular flexibility index (Phi) is 6.83.